The second kappa shape index (κ2) is 8.91. The van der Waals surface area contributed by atoms with Gasteiger partial charge in [0.15, 0.2) is 0 Å². The van der Waals surface area contributed by atoms with E-state index in [0.717, 1.165) is 30.8 Å². The summed E-state index contributed by atoms with van der Waals surface area (Å²) < 4.78 is 13.7. The third kappa shape index (κ3) is 5.12. The summed E-state index contributed by atoms with van der Waals surface area (Å²) in [5, 5.41) is 7.80. The maximum atomic E-state index is 13.7. The lowest BCUT2D eigenvalue weighted by Crippen LogP contribution is -2.47. The molecule has 2 heterocycles. The summed E-state index contributed by atoms with van der Waals surface area (Å²) in [4.78, 5) is 27.4. The van der Waals surface area contributed by atoms with Crippen molar-refractivity contribution in [1.82, 2.24) is 15.5 Å². The van der Waals surface area contributed by atoms with Crippen molar-refractivity contribution < 1.29 is 14.0 Å². The number of carbonyl (C=O) groups excluding carboxylic acids is 2. The van der Waals surface area contributed by atoms with E-state index in [0.29, 0.717) is 13.1 Å². The van der Waals surface area contributed by atoms with E-state index in [9.17, 15) is 14.0 Å². The van der Waals surface area contributed by atoms with Crippen molar-refractivity contribution in [3.63, 3.8) is 0 Å². The molecule has 1 fully saturated rings. The number of rotatable bonds is 6. The fourth-order valence-corrected chi connectivity index (χ4v) is 3.65. The zero-order valence-corrected chi connectivity index (χ0v) is 15.2. The molecule has 138 valence electrons. The average molecular weight is 375 g/mol. The van der Waals surface area contributed by atoms with Crippen LogP contribution in [0.25, 0.3) is 0 Å². The summed E-state index contributed by atoms with van der Waals surface area (Å²) in [6, 6.07) is 9.95. The maximum Gasteiger partial charge on any atom is 0.254 e. The minimum absolute atomic E-state index is 0.00671. The van der Waals surface area contributed by atoms with Gasteiger partial charge >= 0.3 is 0 Å². The lowest BCUT2D eigenvalue weighted by molar-refractivity contribution is -0.122. The van der Waals surface area contributed by atoms with Gasteiger partial charge in [-0.25, -0.2) is 4.39 Å². The number of hydrogen-bond donors (Lipinski definition) is 2. The molecular weight excluding hydrogens is 353 g/mol. The number of nitrogens with one attached hydrogen (secondary N) is 2. The molecule has 1 saturated heterocycles. The minimum atomic E-state index is -0.509. The third-order valence-electron chi connectivity index (χ3n) is 4.45. The lowest BCUT2D eigenvalue weighted by Gasteiger charge is -2.31. The molecule has 0 spiro atoms. The molecule has 0 radical (unpaired) electrons. The van der Waals surface area contributed by atoms with Gasteiger partial charge in [-0.2, -0.15) is 0 Å². The van der Waals surface area contributed by atoms with Gasteiger partial charge in [-0.05, 0) is 36.4 Å². The number of hydrogen-bond acceptors (Lipinski definition) is 4. The SMILES string of the molecule is O=C(CN1CCC(NC(=O)c2ccccc2F)CC1)NCc1cccs1. The first kappa shape index (κ1) is 18.5. The number of piperidine rings is 1. The van der Waals surface area contributed by atoms with Gasteiger partial charge in [0.25, 0.3) is 5.91 Å². The number of carbonyl (C=O) groups is 2. The van der Waals surface area contributed by atoms with Gasteiger partial charge in [0.2, 0.25) is 5.91 Å². The molecule has 2 amide bonds. The van der Waals surface area contributed by atoms with E-state index in [-0.39, 0.29) is 23.4 Å². The fraction of sp³-hybridized carbons (Fsp3) is 0.368. The van der Waals surface area contributed by atoms with E-state index in [1.54, 1.807) is 23.5 Å². The van der Waals surface area contributed by atoms with E-state index >= 15 is 0 Å². The Hall–Kier alpha value is -2.25. The standard InChI is InChI=1S/C19H22FN3O2S/c20-17-6-2-1-5-16(17)19(25)22-14-7-9-23(10-8-14)13-18(24)21-12-15-4-3-11-26-15/h1-6,11,14H,7-10,12-13H2,(H,21,24)(H,22,25). The second-order valence-electron chi connectivity index (χ2n) is 6.36. The van der Waals surface area contributed by atoms with Gasteiger partial charge in [-0.1, -0.05) is 18.2 Å². The van der Waals surface area contributed by atoms with Crippen molar-refractivity contribution in [2.75, 3.05) is 19.6 Å². The average Bonchev–Trinajstić information content (AvgIpc) is 3.15. The second-order valence-corrected chi connectivity index (χ2v) is 7.39. The van der Waals surface area contributed by atoms with Crippen LogP contribution in [0.5, 0.6) is 0 Å². The van der Waals surface area contributed by atoms with Gasteiger partial charge < -0.3 is 10.6 Å². The molecule has 1 aromatic heterocycles. The van der Waals surface area contributed by atoms with Crippen molar-refractivity contribution in [2.24, 2.45) is 0 Å². The number of nitrogens with zero attached hydrogens (tertiary/aromatic N) is 1. The highest BCUT2D eigenvalue weighted by molar-refractivity contribution is 7.09. The maximum absolute atomic E-state index is 13.7. The molecule has 0 aliphatic carbocycles. The van der Waals surface area contributed by atoms with Gasteiger partial charge in [0.05, 0.1) is 18.7 Å². The van der Waals surface area contributed by atoms with Crippen LogP contribution in [0.4, 0.5) is 4.39 Å². The van der Waals surface area contributed by atoms with E-state index in [2.05, 4.69) is 15.5 Å². The van der Waals surface area contributed by atoms with Gasteiger partial charge in [-0.15, -0.1) is 11.3 Å². The summed E-state index contributed by atoms with van der Waals surface area (Å²) in [6.07, 6.45) is 1.50. The Bertz CT molecular complexity index is 743. The zero-order chi connectivity index (χ0) is 18.4. The Balaban J connectivity index is 1.39. The molecule has 0 atom stereocenters. The summed E-state index contributed by atoms with van der Waals surface area (Å²) in [6.45, 7) is 2.38. The molecule has 0 unspecified atom stereocenters. The number of likely N-dealkylation sites (tertiary alicyclic amines) is 1. The Kier molecular flexibility index (Phi) is 6.35. The van der Waals surface area contributed by atoms with Crippen LogP contribution in [0, 0.1) is 5.82 Å². The third-order valence-corrected chi connectivity index (χ3v) is 5.32. The van der Waals surface area contributed by atoms with E-state index in [1.165, 1.54) is 12.1 Å². The lowest BCUT2D eigenvalue weighted by atomic mass is 10.0. The summed E-state index contributed by atoms with van der Waals surface area (Å²) >= 11 is 1.62. The number of halogens is 1. The predicted molar refractivity (Wildman–Crippen MR) is 99.5 cm³/mol. The van der Waals surface area contributed by atoms with Gasteiger partial charge in [0.1, 0.15) is 5.82 Å². The number of benzene rings is 1. The van der Waals surface area contributed by atoms with Crippen LogP contribution < -0.4 is 10.6 Å². The molecule has 0 saturated carbocycles. The van der Waals surface area contributed by atoms with Crippen molar-refractivity contribution in [2.45, 2.75) is 25.4 Å². The molecule has 2 aromatic rings. The van der Waals surface area contributed by atoms with Crippen LogP contribution in [0.3, 0.4) is 0 Å². The van der Waals surface area contributed by atoms with Crippen molar-refractivity contribution in [3.05, 3.63) is 58.0 Å². The first-order valence-corrected chi connectivity index (χ1v) is 9.56. The van der Waals surface area contributed by atoms with E-state index in [4.69, 9.17) is 0 Å². The van der Waals surface area contributed by atoms with Crippen LogP contribution in [0.1, 0.15) is 28.1 Å². The predicted octanol–water partition coefficient (Wildman–Crippen LogP) is 2.40. The Morgan fingerprint density at radius 1 is 1.15 bits per heavy atom. The smallest absolute Gasteiger partial charge is 0.254 e. The van der Waals surface area contributed by atoms with Crippen molar-refractivity contribution >= 4 is 23.2 Å². The summed E-state index contributed by atoms with van der Waals surface area (Å²) in [7, 11) is 0. The first-order valence-electron chi connectivity index (χ1n) is 8.68. The monoisotopic (exact) mass is 375 g/mol. The highest BCUT2D eigenvalue weighted by Gasteiger charge is 2.23. The summed E-state index contributed by atoms with van der Waals surface area (Å²) in [5.41, 5.74) is 0.0721. The van der Waals surface area contributed by atoms with Crippen LogP contribution in [-0.4, -0.2) is 42.4 Å². The number of amides is 2. The largest absolute Gasteiger partial charge is 0.350 e. The topological polar surface area (TPSA) is 61.4 Å². The quantitative estimate of drug-likeness (QED) is 0.815. The Morgan fingerprint density at radius 2 is 1.92 bits per heavy atom. The highest BCUT2D eigenvalue weighted by atomic mass is 32.1. The van der Waals surface area contributed by atoms with E-state index in [1.807, 2.05) is 17.5 Å². The minimum Gasteiger partial charge on any atom is -0.350 e. The molecule has 2 N–H and O–H groups in total. The number of thiophene rings is 1. The molecule has 5 nitrogen and oxygen atoms in total. The van der Waals surface area contributed by atoms with Crippen LogP contribution in [-0.2, 0) is 11.3 Å². The Labute approximate surface area is 156 Å². The van der Waals surface area contributed by atoms with Gasteiger partial charge in [0, 0.05) is 24.0 Å². The summed E-state index contributed by atoms with van der Waals surface area (Å²) in [5.74, 6) is -0.882. The molecule has 26 heavy (non-hydrogen) atoms. The Morgan fingerprint density at radius 3 is 2.62 bits per heavy atom. The molecule has 1 aliphatic rings. The van der Waals surface area contributed by atoms with Crippen LogP contribution in [0.15, 0.2) is 41.8 Å². The van der Waals surface area contributed by atoms with E-state index < -0.39 is 5.82 Å². The van der Waals surface area contributed by atoms with Crippen LogP contribution >= 0.6 is 11.3 Å². The highest BCUT2D eigenvalue weighted by Crippen LogP contribution is 2.13. The molecular formula is C19H22FN3O2S. The molecule has 1 aliphatic heterocycles. The van der Waals surface area contributed by atoms with Crippen molar-refractivity contribution in [1.29, 1.82) is 0 Å². The van der Waals surface area contributed by atoms with Crippen LogP contribution in [0.2, 0.25) is 0 Å². The van der Waals surface area contributed by atoms with Gasteiger partial charge in [-0.3, -0.25) is 14.5 Å². The molecule has 0 bridgehead atoms. The zero-order valence-electron chi connectivity index (χ0n) is 14.4. The molecule has 1 aromatic carbocycles. The normalized spacial score (nSPS) is 15.6. The fourth-order valence-electron chi connectivity index (χ4n) is 3.00. The van der Waals surface area contributed by atoms with Crippen molar-refractivity contribution in [3.8, 4) is 0 Å². The molecule has 3 rings (SSSR count). The molecule has 7 heteroatoms. The first-order chi connectivity index (χ1) is 12.6.